The summed E-state index contributed by atoms with van der Waals surface area (Å²) in [5, 5.41) is 2.74. The molecule has 120 valence electrons. The minimum Gasteiger partial charge on any atom is -0.365 e. The summed E-state index contributed by atoms with van der Waals surface area (Å²) in [6.45, 7) is 2.36. The van der Waals surface area contributed by atoms with Crippen LogP contribution in [0.3, 0.4) is 0 Å². The monoisotopic (exact) mass is 325 g/mol. The fraction of sp³-hybridized carbons (Fsp3) is 0.500. The summed E-state index contributed by atoms with van der Waals surface area (Å²) in [5.41, 5.74) is 1.16. The number of hydrogen-bond acceptors (Lipinski definition) is 4. The Balaban J connectivity index is 1.58. The molecule has 8 heteroatoms. The van der Waals surface area contributed by atoms with Gasteiger partial charge in [0.2, 0.25) is 5.91 Å². The molecule has 0 aromatic heterocycles. The minimum atomic E-state index is -3.57. The average Bonchev–Trinajstić information content (AvgIpc) is 3.00. The Morgan fingerprint density at radius 1 is 1.41 bits per heavy atom. The van der Waals surface area contributed by atoms with Crippen LogP contribution in [0, 0.1) is 0 Å². The van der Waals surface area contributed by atoms with Gasteiger partial charge in [-0.05, 0) is 31.9 Å². The van der Waals surface area contributed by atoms with E-state index in [1.165, 1.54) is 4.31 Å². The molecule has 2 N–H and O–H groups in total. The van der Waals surface area contributed by atoms with Crippen LogP contribution in [0.1, 0.15) is 19.8 Å². The number of amides is 1. The fourth-order valence-electron chi connectivity index (χ4n) is 2.73. The summed E-state index contributed by atoms with van der Waals surface area (Å²) in [7, 11) is -3.57. The molecule has 2 aliphatic rings. The van der Waals surface area contributed by atoms with E-state index in [2.05, 4.69) is 10.0 Å². The van der Waals surface area contributed by atoms with Gasteiger partial charge in [-0.15, -0.1) is 0 Å². The van der Waals surface area contributed by atoms with Crippen LogP contribution in [0.2, 0.25) is 0 Å². The molecular weight excluding hydrogens is 306 g/mol. The molecule has 22 heavy (non-hydrogen) atoms. The standard InChI is InChI=1S/C14H19N3O4S/c1-10-6-7-13(21-10)14(18)15-8-9-17-12-5-3-2-4-11(12)16-22(17,19)20/h2-5,10,13,16H,6-9H2,1H3,(H,15,18). The van der Waals surface area contributed by atoms with E-state index in [1.807, 2.05) is 6.92 Å². The third-order valence-corrected chi connectivity index (χ3v) is 5.28. The highest BCUT2D eigenvalue weighted by Crippen LogP contribution is 2.34. The summed E-state index contributed by atoms with van der Waals surface area (Å²) in [6.07, 6.45) is 1.26. The zero-order chi connectivity index (χ0) is 15.7. The molecule has 2 atom stereocenters. The van der Waals surface area contributed by atoms with E-state index in [-0.39, 0.29) is 25.1 Å². The van der Waals surface area contributed by atoms with Crippen molar-refractivity contribution in [2.45, 2.75) is 32.0 Å². The number of anilines is 2. The lowest BCUT2D eigenvalue weighted by Crippen LogP contribution is -2.41. The van der Waals surface area contributed by atoms with Gasteiger partial charge in [-0.2, -0.15) is 8.42 Å². The number of hydrogen-bond donors (Lipinski definition) is 2. The SMILES string of the molecule is CC1CCC(C(=O)NCCN2c3ccccc3NS2(=O)=O)O1. The first kappa shape index (κ1) is 15.1. The molecule has 1 saturated heterocycles. The van der Waals surface area contributed by atoms with Crippen LogP contribution in [-0.2, 0) is 19.7 Å². The van der Waals surface area contributed by atoms with Crippen molar-refractivity contribution < 1.29 is 17.9 Å². The second kappa shape index (κ2) is 5.77. The first-order chi connectivity index (χ1) is 10.5. The quantitative estimate of drug-likeness (QED) is 0.859. The summed E-state index contributed by atoms with van der Waals surface area (Å²) in [6, 6.07) is 6.99. The van der Waals surface area contributed by atoms with Crippen LogP contribution in [0.5, 0.6) is 0 Å². The molecule has 2 unspecified atom stereocenters. The number of carbonyl (C=O) groups excluding carboxylic acids is 1. The maximum atomic E-state index is 12.1. The van der Waals surface area contributed by atoms with Gasteiger partial charge in [0.25, 0.3) is 0 Å². The van der Waals surface area contributed by atoms with E-state index in [0.29, 0.717) is 17.8 Å². The maximum absolute atomic E-state index is 12.1. The lowest BCUT2D eigenvalue weighted by molar-refractivity contribution is -0.131. The van der Waals surface area contributed by atoms with Crippen LogP contribution in [-0.4, -0.2) is 39.6 Å². The minimum absolute atomic E-state index is 0.103. The van der Waals surface area contributed by atoms with Crippen LogP contribution < -0.4 is 14.3 Å². The van der Waals surface area contributed by atoms with Crippen molar-refractivity contribution in [1.29, 1.82) is 0 Å². The van der Waals surface area contributed by atoms with Gasteiger partial charge in [-0.1, -0.05) is 12.1 Å². The highest BCUT2D eigenvalue weighted by atomic mass is 32.2. The Morgan fingerprint density at radius 2 is 2.18 bits per heavy atom. The molecule has 0 bridgehead atoms. The van der Waals surface area contributed by atoms with Crippen molar-refractivity contribution >= 4 is 27.5 Å². The van der Waals surface area contributed by atoms with Gasteiger partial charge in [-0.25, -0.2) is 4.31 Å². The summed E-state index contributed by atoms with van der Waals surface area (Å²) in [4.78, 5) is 12.0. The number of nitrogens with zero attached hydrogens (tertiary/aromatic N) is 1. The molecule has 3 rings (SSSR count). The molecule has 1 fully saturated rings. The van der Waals surface area contributed by atoms with Gasteiger partial charge in [0.1, 0.15) is 6.10 Å². The van der Waals surface area contributed by atoms with Gasteiger partial charge in [0, 0.05) is 6.54 Å². The fourth-order valence-corrected chi connectivity index (χ4v) is 4.04. The zero-order valence-electron chi connectivity index (χ0n) is 12.3. The van der Waals surface area contributed by atoms with E-state index in [4.69, 9.17) is 4.74 Å². The smallest absolute Gasteiger partial charge is 0.324 e. The Morgan fingerprint density at radius 3 is 2.91 bits per heavy atom. The topological polar surface area (TPSA) is 87.7 Å². The van der Waals surface area contributed by atoms with E-state index in [0.717, 1.165) is 6.42 Å². The normalized spacial score (nSPS) is 25.6. The number of carbonyl (C=O) groups is 1. The van der Waals surface area contributed by atoms with Crippen LogP contribution in [0.4, 0.5) is 11.4 Å². The van der Waals surface area contributed by atoms with E-state index >= 15 is 0 Å². The number of benzene rings is 1. The van der Waals surface area contributed by atoms with Crippen molar-refractivity contribution in [3.63, 3.8) is 0 Å². The van der Waals surface area contributed by atoms with Crippen LogP contribution >= 0.6 is 0 Å². The van der Waals surface area contributed by atoms with Crippen LogP contribution in [0.15, 0.2) is 24.3 Å². The van der Waals surface area contributed by atoms with Gasteiger partial charge < -0.3 is 10.1 Å². The van der Waals surface area contributed by atoms with Crippen molar-refractivity contribution in [3.05, 3.63) is 24.3 Å². The second-order valence-electron chi connectivity index (χ2n) is 5.50. The number of rotatable bonds is 4. The Hall–Kier alpha value is -1.80. The molecule has 2 heterocycles. The Labute approximate surface area is 129 Å². The second-order valence-corrected chi connectivity index (χ2v) is 7.10. The van der Waals surface area contributed by atoms with E-state index in [9.17, 15) is 13.2 Å². The van der Waals surface area contributed by atoms with Crippen LogP contribution in [0.25, 0.3) is 0 Å². The largest absolute Gasteiger partial charge is 0.365 e. The molecule has 7 nitrogen and oxygen atoms in total. The molecule has 2 aliphatic heterocycles. The molecule has 1 aromatic carbocycles. The molecule has 0 saturated carbocycles. The molecule has 0 radical (unpaired) electrons. The number of para-hydroxylation sites is 2. The summed E-state index contributed by atoms with van der Waals surface area (Å²) < 4.78 is 33.4. The summed E-state index contributed by atoms with van der Waals surface area (Å²) >= 11 is 0. The van der Waals surface area contributed by atoms with E-state index < -0.39 is 16.3 Å². The first-order valence-corrected chi connectivity index (χ1v) is 8.74. The Bertz CT molecular complexity index is 676. The van der Waals surface area contributed by atoms with Crippen molar-refractivity contribution in [1.82, 2.24) is 5.32 Å². The first-order valence-electron chi connectivity index (χ1n) is 7.30. The lowest BCUT2D eigenvalue weighted by atomic mass is 10.2. The molecule has 0 spiro atoms. The lowest BCUT2D eigenvalue weighted by Gasteiger charge is -2.18. The summed E-state index contributed by atoms with van der Waals surface area (Å²) in [5.74, 6) is -0.179. The van der Waals surface area contributed by atoms with Gasteiger partial charge in [-0.3, -0.25) is 9.52 Å². The number of ether oxygens (including phenoxy) is 1. The predicted molar refractivity (Wildman–Crippen MR) is 82.9 cm³/mol. The third kappa shape index (κ3) is 2.89. The van der Waals surface area contributed by atoms with Crippen molar-refractivity contribution in [2.24, 2.45) is 0 Å². The average molecular weight is 325 g/mol. The van der Waals surface area contributed by atoms with Crippen molar-refractivity contribution in [2.75, 3.05) is 22.1 Å². The highest BCUT2D eigenvalue weighted by molar-refractivity contribution is 7.94. The zero-order valence-corrected chi connectivity index (χ0v) is 13.1. The third-order valence-electron chi connectivity index (χ3n) is 3.84. The Kier molecular flexibility index (Phi) is 3.96. The molecular formula is C14H19N3O4S. The van der Waals surface area contributed by atoms with E-state index in [1.54, 1.807) is 24.3 Å². The predicted octanol–water partition coefficient (Wildman–Crippen LogP) is 0.847. The number of nitrogens with one attached hydrogen (secondary N) is 2. The van der Waals surface area contributed by atoms with Gasteiger partial charge in [0.05, 0.1) is 24.0 Å². The van der Waals surface area contributed by atoms with Gasteiger partial charge >= 0.3 is 10.2 Å². The number of fused-ring (bicyclic) bond motifs is 1. The maximum Gasteiger partial charge on any atom is 0.324 e. The van der Waals surface area contributed by atoms with Gasteiger partial charge in [0.15, 0.2) is 0 Å². The molecule has 1 amide bonds. The highest BCUT2D eigenvalue weighted by Gasteiger charge is 2.32. The molecule has 1 aromatic rings. The van der Waals surface area contributed by atoms with Crippen molar-refractivity contribution in [3.8, 4) is 0 Å². The molecule has 0 aliphatic carbocycles.